The Morgan fingerprint density at radius 1 is 1.03 bits per heavy atom. The molecule has 12 heteroatoms. The third-order valence-electron chi connectivity index (χ3n) is 5.64. The minimum atomic E-state index is -1.86. The van der Waals surface area contributed by atoms with Crippen LogP contribution < -0.4 is 15.4 Å². The molecule has 1 aliphatic rings. The smallest absolute Gasteiger partial charge is 0.326 e. The van der Waals surface area contributed by atoms with Gasteiger partial charge in [-0.2, -0.15) is 0 Å². The van der Waals surface area contributed by atoms with Crippen LogP contribution in [0.3, 0.4) is 0 Å². The van der Waals surface area contributed by atoms with Crippen LogP contribution in [-0.4, -0.2) is 41.3 Å². The molecule has 0 atom stereocenters. The lowest BCUT2D eigenvalue weighted by molar-refractivity contribution is -0.384. The maximum atomic E-state index is 13.6. The second kappa shape index (κ2) is 9.41. The van der Waals surface area contributed by atoms with Crippen molar-refractivity contribution in [3.63, 3.8) is 0 Å². The minimum absolute atomic E-state index is 0.166. The van der Waals surface area contributed by atoms with E-state index in [0.29, 0.717) is 4.90 Å². The molecule has 0 aromatic heterocycles. The van der Waals surface area contributed by atoms with Crippen molar-refractivity contribution in [2.24, 2.45) is 0 Å². The van der Waals surface area contributed by atoms with Gasteiger partial charge in [0.2, 0.25) is 5.91 Å². The molecule has 1 fully saturated rings. The lowest BCUT2D eigenvalue weighted by Crippen LogP contribution is -2.45. The van der Waals surface area contributed by atoms with Gasteiger partial charge in [-0.05, 0) is 47.5 Å². The largest absolute Gasteiger partial charge is 0.496 e. The summed E-state index contributed by atoms with van der Waals surface area (Å²) in [7, 11) is 1.32. The number of anilines is 1. The molecule has 4 rings (SSSR count). The van der Waals surface area contributed by atoms with E-state index in [-0.39, 0.29) is 22.6 Å². The molecule has 0 aliphatic carbocycles. The molecule has 2 N–H and O–H groups in total. The summed E-state index contributed by atoms with van der Waals surface area (Å²) in [6, 6.07) is 12.4. The number of hydrogen-bond donors (Lipinski definition) is 2. The zero-order chi connectivity index (χ0) is 26.0. The first-order valence-electron chi connectivity index (χ1n) is 10.4. The molecule has 36 heavy (non-hydrogen) atoms. The van der Waals surface area contributed by atoms with Gasteiger partial charge >= 0.3 is 6.03 Å². The Bertz CT molecular complexity index is 1320. The van der Waals surface area contributed by atoms with Crippen molar-refractivity contribution in [1.82, 2.24) is 10.2 Å². The number of imide groups is 1. The quantitative estimate of drug-likeness (QED) is 0.293. The minimum Gasteiger partial charge on any atom is -0.496 e. The highest BCUT2D eigenvalue weighted by Gasteiger charge is 2.54. The van der Waals surface area contributed by atoms with Gasteiger partial charge in [-0.1, -0.05) is 24.3 Å². The third kappa shape index (κ3) is 4.31. The van der Waals surface area contributed by atoms with Gasteiger partial charge in [-0.15, -0.1) is 0 Å². The topological polar surface area (TPSA) is 131 Å². The summed E-state index contributed by atoms with van der Waals surface area (Å²) in [5.74, 6) is -2.73. The molecule has 0 bridgehead atoms. The van der Waals surface area contributed by atoms with E-state index in [1.807, 2.05) is 0 Å². The van der Waals surface area contributed by atoms with Gasteiger partial charge in [0.15, 0.2) is 5.54 Å². The highest BCUT2D eigenvalue weighted by molar-refractivity contribution is 6.12. The Kier molecular flexibility index (Phi) is 6.34. The first-order valence-corrected chi connectivity index (χ1v) is 10.4. The Morgan fingerprint density at radius 3 is 2.08 bits per heavy atom. The fourth-order valence-electron chi connectivity index (χ4n) is 3.91. The maximum absolute atomic E-state index is 13.6. The molecule has 1 heterocycles. The molecule has 3 aromatic carbocycles. The zero-order valence-corrected chi connectivity index (χ0v) is 18.7. The van der Waals surface area contributed by atoms with E-state index in [2.05, 4.69) is 10.6 Å². The Balaban J connectivity index is 1.66. The van der Waals surface area contributed by atoms with Crippen LogP contribution in [0.1, 0.15) is 11.1 Å². The molecular formula is C24H18F2N4O6. The molecule has 10 nitrogen and oxygen atoms in total. The number of rotatable bonds is 7. The van der Waals surface area contributed by atoms with Crippen molar-refractivity contribution >= 4 is 29.2 Å². The van der Waals surface area contributed by atoms with Gasteiger partial charge in [0, 0.05) is 0 Å². The van der Waals surface area contributed by atoms with E-state index >= 15 is 0 Å². The van der Waals surface area contributed by atoms with Crippen molar-refractivity contribution < 1.29 is 32.8 Å². The highest BCUT2D eigenvalue weighted by atomic mass is 19.1. The fourth-order valence-corrected chi connectivity index (χ4v) is 3.91. The number of nitrogens with zero attached hydrogens (tertiary/aromatic N) is 2. The van der Waals surface area contributed by atoms with Gasteiger partial charge in [-0.25, -0.2) is 13.6 Å². The second-order valence-electron chi connectivity index (χ2n) is 7.77. The predicted octanol–water partition coefficient (Wildman–Crippen LogP) is 3.32. The number of methoxy groups -OCH3 is 1. The van der Waals surface area contributed by atoms with E-state index < -0.39 is 52.2 Å². The molecule has 1 aliphatic heterocycles. The number of carbonyl (C=O) groups excluding carboxylic acids is 3. The van der Waals surface area contributed by atoms with Gasteiger partial charge in [0.1, 0.15) is 29.6 Å². The number of nitrogens with one attached hydrogen (secondary N) is 2. The van der Waals surface area contributed by atoms with E-state index in [1.54, 1.807) is 0 Å². The normalized spacial score (nSPS) is 14.4. The molecule has 0 radical (unpaired) electrons. The molecule has 184 valence electrons. The maximum Gasteiger partial charge on any atom is 0.326 e. The summed E-state index contributed by atoms with van der Waals surface area (Å²) < 4.78 is 32.1. The number of amides is 4. The third-order valence-corrected chi connectivity index (χ3v) is 5.64. The molecule has 0 spiro atoms. The van der Waals surface area contributed by atoms with Crippen LogP contribution in [-0.2, 0) is 15.1 Å². The number of nitro groups is 1. The van der Waals surface area contributed by atoms with Crippen molar-refractivity contribution in [2.75, 3.05) is 19.0 Å². The number of ether oxygens (including phenoxy) is 1. The van der Waals surface area contributed by atoms with Crippen LogP contribution in [0.25, 0.3) is 0 Å². The van der Waals surface area contributed by atoms with E-state index in [1.165, 1.54) is 43.5 Å². The Labute approximate surface area is 202 Å². The van der Waals surface area contributed by atoms with Crippen molar-refractivity contribution in [3.8, 4) is 5.75 Å². The van der Waals surface area contributed by atoms with Crippen LogP contribution in [0.2, 0.25) is 0 Å². The highest BCUT2D eigenvalue weighted by Crippen LogP contribution is 2.36. The van der Waals surface area contributed by atoms with Crippen molar-refractivity contribution in [3.05, 3.63) is 99.6 Å². The number of nitro benzene ring substituents is 1. The predicted molar refractivity (Wildman–Crippen MR) is 122 cm³/mol. The van der Waals surface area contributed by atoms with Crippen LogP contribution in [0.15, 0.2) is 66.7 Å². The van der Waals surface area contributed by atoms with Crippen LogP contribution in [0.4, 0.5) is 25.0 Å². The molecular weight excluding hydrogens is 478 g/mol. The van der Waals surface area contributed by atoms with Crippen LogP contribution >= 0.6 is 0 Å². The number of urea groups is 1. The lowest BCUT2D eigenvalue weighted by Gasteiger charge is -2.28. The first kappa shape index (κ1) is 24.3. The number of halogens is 2. The summed E-state index contributed by atoms with van der Waals surface area (Å²) in [6.07, 6.45) is 0. The molecule has 4 amide bonds. The molecule has 1 saturated heterocycles. The average molecular weight is 496 g/mol. The summed E-state index contributed by atoms with van der Waals surface area (Å²) in [5, 5.41) is 16.2. The molecule has 0 saturated carbocycles. The van der Waals surface area contributed by atoms with Crippen molar-refractivity contribution in [1.29, 1.82) is 0 Å². The van der Waals surface area contributed by atoms with E-state index in [9.17, 15) is 33.3 Å². The van der Waals surface area contributed by atoms with Crippen LogP contribution in [0.5, 0.6) is 5.75 Å². The standard InChI is InChI=1S/C24H18F2N4O6/c1-36-18-10-11-19(20(12-18)30(34)35)27-21(31)13-29-22(32)24(28-23(29)33,14-2-6-16(25)7-3-14)15-4-8-17(26)9-5-15/h2-12H,13H2,1H3,(H,27,31)(H,28,33). The molecule has 0 unspecified atom stereocenters. The first-order chi connectivity index (χ1) is 17.1. The summed E-state index contributed by atoms with van der Waals surface area (Å²) >= 11 is 0. The monoisotopic (exact) mass is 496 g/mol. The number of carbonyl (C=O) groups is 3. The van der Waals surface area contributed by atoms with Gasteiger partial charge in [0.05, 0.1) is 18.1 Å². The average Bonchev–Trinajstić information content (AvgIpc) is 3.10. The summed E-state index contributed by atoms with van der Waals surface area (Å²) in [6.45, 7) is -0.780. The number of benzene rings is 3. The Hall–Kier alpha value is -4.87. The summed E-state index contributed by atoms with van der Waals surface area (Å²) in [5.41, 5.74) is -2.11. The van der Waals surface area contributed by atoms with Gasteiger partial charge in [0.25, 0.3) is 11.6 Å². The number of hydrogen-bond acceptors (Lipinski definition) is 6. The molecule has 3 aromatic rings. The lowest BCUT2D eigenvalue weighted by atomic mass is 9.82. The van der Waals surface area contributed by atoms with Crippen LogP contribution in [0, 0.1) is 21.7 Å². The Morgan fingerprint density at radius 2 is 1.58 bits per heavy atom. The zero-order valence-electron chi connectivity index (χ0n) is 18.7. The fraction of sp³-hybridized carbons (Fsp3) is 0.125. The summed E-state index contributed by atoms with van der Waals surface area (Å²) in [4.78, 5) is 50.5. The van der Waals surface area contributed by atoms with Gasteiger partial charge < -0.3 is 15.4 Å². The van der Waals surface area contributed by atoms with E-state index in [4.69, 9.17) is 4.74 Å². The van der Waals surface area contributed by atoms with Crippen molar-refractivity contribution in [2.45, 2.75) is 5.54 Å². The van der Waals surface area contributed by atoms with E-state index in [0.717, 1.165) is 30.3 Å². The SMILES string of the molecule is COc1ccc(NC(=O)CN2C(=O)NC(c3ccc(F)cc3)(c3ccc(F)cc3)C2=O)c([N+](=O)[O-])c1. The van der Waals surface area contributed by atoms with Gasteiger partial charge in [-0.3, -0.25) is 24.6 Å². The second-order valence-corrected chi connectivity index (χ2v) is 7.77.